The van der Waals surface area contributed by atoms with E-state index in [0.717, 1.165) is 26.3 Å². The standard InChI is InChI=1S/C7H13N2O2/c1-8(7-10)6-9-2-4-11-5-3-9/h2-6H2,1H3. The van der Waals surface area contributed by atoms with Gasteiger partial charge < -0.3 is 9.64 Å². The van der Waals surface area contributed by atoms with Gasteiger partial charge in [0.1, 0.15) is 0 Å². The van der Waals surface area contributed by atoms with Crippen molar-refractivity contribution in [2.75, 3.05) is 40.0 Å². The summed E-state index contributed by atoms with van der Waals surface area (Å²) in [6.07, 6.45) is 1.81. The van der Waals surface area contributed by atoms with Crippen LogP contribution in [0.4, 0.5) is 0 Å². The fourth-order valence-electron chi connectivity index (χ4n) is 1.07. The molecule has 0 aromatic carbocycles. The van der Waals surface area contributed by atoms with E-state index in [0.29, 0.717) is 6.67 Å². The van der Waals surface area contributed by atoms with Crippen LogP contribution in [-0.4, -0.2) is 56.2 Å². The molecule has 0 atom stereocenters. The Balaban J connectivity index is 2.18. The summed E-state index contributed by atoms with van der Waals surface area (Å²) in [5.74, 6) is 0. The highest BCUT2D eigenvalue weighted by Crippen LogP contribution is 1.96. The van der Waals surface area contributed by atoms with Gasteiger partial charge in [-0.15, -0.1) is 0 Å². The minimum Gasteiger partial charge on any atom is -0.379 e. The van der Waals surface area contributed by atoms with E-state index in [2.05, 4.69) is 4.90 Å². The van der Waals surface area contributed by atoms with Crippen LogP contribution < -0.4 is 0 Å². The van der Waals surface area contributed by atoms with E-state index in [4.69, 9.17) is 4.74 Å². The summed E-state index contributed by atoms with van der Waals surface area (Å²) in [5, 5.41) is 0. The highest BCUT2D eigenvalue weighted by Gasteiger charge is 2.10. The monoisotopic (exact) mass is 157 g/mol. The van der Waals surface area contributed by atoms with Crippen molar-refractivity contribution in [2.45, 2.75) is 0 Å². The molecule has 1 aliphatic heterocycles. The Labute approximate surface area is 66.7 Å². The van der Waals surface area contributed by atoms with Gasteiger partial charge in [-0.2, -0.15) is 0 Å². The number of carbonyl (C=O) groups excluding carboxylic acids is 1. The van der Waals surface area contributed by atoms with Gasteiger partial charge in [0.15, 0.2) is 0 Å². The minimum absolute atomic E-state index is 0.660. The molecule has 1 fully saturated rings. The molecule has 1 amide bonds. The Morgan fingerprint density at radius 2 is 2.18 bits per heavy atom. The van der Waals surface area contributed by atoms with Gasteiger partial charge in [-0.3, -0.25) is 9.69 Å². The predicted octanol–water partition coefficient (Wildman–Crippen LogP) is -0.725. The number of hydrogen-bond acceptors (Lipinski definition) is 3. The lowest BCUT2D eigenvalue weighted by Gasteiger charge is -2.28. The number of hydrogen-bond donors (Lipinski definition) is 0. The van der Waals surface area contributed by atoms with Gasteiger partial charge >= 0.3 is 6.41 Å². The molecular formula is C7H13N2O2. The summed E-state index contributed by atoms with van der Waals surface area (Å²) in [6, 6.07) is 0. The molecule has 4 heteroatoms. The van der Waals surface area contributed by atoms with Gasteiger partial charge in [0.2, 0.25) is 0 Å². The molecule has 1 rings (SSSR count). The normalized spacial score (nSPS) is 19.7. The summed E-state index contributed by atoms with van der Waals surface area (Å²) >= 11 is 0. The minimum atomic E-state index is 0.660. The quantitative estimate of drug-likeness (QED) is 0.507. The third-order valence-electron chi connectivity index (χ3n) is 1.67. The number of amides is 1. The summed E-state index contributed by atoms with van der Waals surface area (Å²) in [5.41, 5.74) is 0. The molecule has 63 valence electrons. The van der Waals surface area contributed by atoms with Crippen molar-refractivity contribution in [3.05, 3.63) is 0 Å². The first kappa shape index (κ1) is 8.49. The molecule has 0 aliphatic carbocycles. The average molecular weight is 157 g/mol. The second-order valence-electron chi connectivity index (χ2n) is 2.66. The van der Waals surface area contributed by atoms with Crippen LogP contribution in [0.3, 0.4) is 0 Å². The van der Waals surface area contributed by atoms with Crippen molar-refractivity contribution in [1.82, 2.24) is 9.80 Å². The van der Waals surface area contributed by atoms with Crippen LogP contribution in [0.15, 0.2) is 0 Å². The molecule has 11 heavy (non-hydrogen) atoms. The highest BCUT2D eigenvalue weighted by atomic mass is 16.5. The Hall–Kier alpha value is -0.610. The molecule has 4 nitrogen and oxygen atoms in total. The van der Waals surface area contributed by atoms with Crippen LogP contribution >= 0.6 is 0 Å². The summed E-state index contributed by atoms with van der Waals surface area (Å²) in [7, 11) is 1.72. The molecule has 1 aliphatic rings. The van der Waals surface area contributed by atoms with Crippen molar-refractivity contribution in [1.29, 1.82) is 0 Å². The Morgan fingerprint density at radius 3 is 2.73 bits per heavy atom. The van der Waals surface area contributed by atoms with Crippen molar-refractivity contribution in [2.24, 2.45) is 0 Å². The molecule has 1 radical (unpaired) electrons. The third-order valence-corrected chi connectivity index (χ3v) is 1.67. The Kier molecular flexibility index (Phi) is 3.32. The maximum absolute atomic E-state index is 10.1. The van der Waals surface area contributed by atoms with Crippen molar-refractivity contribution >= 4 is 6.41 Å². The first-order valence-electron chi connectivity index (χ1n) is 3.72. The Morgan fingerprint density at radius 1 is 1.55 bits per heavy atom. The smallest absolute Gasteiger partial charge is 0.312 e. The molecule has 0 unspecified atom stereocenters. The van der Waals surface area contributed by atoms with Gasteiger partial charge in [0.05, 0.1) is 19.9 Å². The van der Waals surface area contributed by atoms with Gasteiger partial charge in [0.25, 0.3) is 0 Å². The van der Waals surface area contributed by atoms with Crippen LogP contribution in [0, 0.1) is 0 Å². The zero-order chi connectivity index (χ0) is 8.10. The second-order valence-corrected chi connectivity index (χ2v) is 2.66. The van der Waals surface area contributed by atoms with Crippen molar-refractivity contribution in [3.63, 3.8) is 0 Å². The topological polar surface area (TPSA) is 32.8 Å². The van der Waals surface area contributed by atoms with Crippen molar-refractivity contribution < 1.29 is 9.53 Å². The van der Waals surface area contributed by atoms with Crippen LogP contribution in [-0.2, 0) is 9.53 Å². The zero-order valence-corrected chi connectivity index (χ0v) is 6.75. The van der Waals surface area contributed by atoms with E-state index in [-0.39, 0.29) is 0 Å². The summed E-state index contributed by atoms with van der Waals surface area (Å²) in [4.78, 5) is 13.8. The van der Waals surface area contributed by atoms with E-state index in [1.165, 1.54) is 4.90 Å². The zero-order valence-electron chi connectivity index (χ0n) is 6.75. The maximum atomic E-state index is 10.1. The Bertz CT molecular complexity index is 124. The van der Waals surface area contributed by atoms with Gasteiger partial charge in [-0.25, -0.2) is 0 Å². The summed E-state index contributed by atoms with van der Waals surface area (Å²) < 4.78 is 5.16. The lowest BCUT2D eigenvalue weighted by atomic mass is 10.4. The molecular weight excluding hydrogens is 144 g/mol. The molecule has 0 spiro atoms. The second kappa shape index (κ2) is 4.31. The van der Waals surface area contributed by atoms with Crippen LogP contribution in [0.1, 0.15) is 0 Å². The molecule has 0 aromatic heterocycles. The lowest BCUT2D eigenvalue weighted by molar-refractivity contribution is 0.0240. The van der Waals surface area contributed by atoms with E-state index in [9.17, 15) is 4.79 Å². The third kappa shape index (κ3) is 2.86. The number of ether oxygens (including phenoxy) is 1. The lowest BCUT2D eigenvalue weighted by Crippen LogP contribution is -2.42. The van der Waals surface area contributed by atoms with Crippen molar-refractivity contribution in [3.8, 4) is 0 Å². The number of rotatable bonds is 3. The number of morpholine rings is 1. The molecule has 0 saturated carbocycles. The van der Waals surface area contributed by atoms with E-state index in [1.54, 1.807) is 7.05 Å². The molecule has 0 N–H and O–H groups in total. The van der Waals surface area contributed by atoms with E-state index in [1.807, 2.05) is 6.41 Å². The van der Waals surface area contributed by atoms with Crippen LogP contribution in [0.2, 0.25) is 0 Å². The predicted molar refractivity (Wildman–Crippen MR) is 40.7 cm³/mol. The van der Waals surface area contributed by atoms with E-state index >= 15 is 0 Å². The van der Waals surface area contributed by atoms with Gasteiger partial charge in [-0.1, -0.05) is 0 Å². The highest BCUT2D eigenvalue weighted by molar-refractivity contribution is 5.47. The molecule has 1 heterocycles. The molecule has 1 saturated heterocycles. The average Bonchev–Trinajstić information content (AvgIpc) is 2.06. The van der Waals surface area contributed by atoms with Crippen LogP contribution in [0.5, 0.6) is 0 Å². The van der Waals surface area contributed by atoms with Crippen LogP contribution in [0.25, 0.3) is 0 Å². The summed E-state index contributed by atoms with van der Waals surface area (Å²) in [6.45, 7) is 4.02. The first-order valence-corrected chi connectivity index (χ1v) is 3.72. The van der Waals surface area contributed by atoms with Gasteiger partial charge in [0, 0.05) is 20.1 Å². The molecule has 0 bridgehead atoms. The maximum Gasteiger partial charge on any atom is 0.312 e. The SMILES string of the molecule is CN([C]=O)CN1CCOCC1. The number of nitrogens with zero attached hydrogens (tertiary/aromatic N) is 2. The largest absolute Gasteiger partial charge is 0.379 e. The van der Waals surface area contributed by atoms with Gasteiger partial charge in [-0.05, 0) is 0 Å². The van der Waals surface area contributed by atoms with E-state index < -0.39 is 0 Å². The fraction of sp³-hybridized carbons (Fsp3) is 0.857. The molecule has 0 aromatic rings. The fourth-order valence-corrected chi connectivity index (χ4v) is 1.07. The first-order chi connectivity index (χ1) is 5.33.